The van der Waals surface area contributed by atoms with Crippen molar-refractivity contribution >= 4 is 45.1 Å². The fourth-order valence-electron chi connectivity index (χ4n) is 1.63. The van der Waals surface area contributed by atoms with Crippen LogP contribution in [0.15, 0.2) is 22.7 Å². The van der Waals surface area contributed by atoms with Crippen molar-refractivity contribution < 1.29 is 14.3 Å². The van der Waals surface area contributed by atoms with Gasteiger partial charge in [-0.05, 0) is 65.6 Å². The van der Waals surface area contributed by atoms with E-state index in [0.717, 1.165) is 22.9 Å². The highest BCUT2D eigenvalue weighted by Gasteiger charge is 2.29. The van der Waals surface area contributed by atoms with Crippen LogP contribution in [-0.2, 0) is 9.59 Å². The van der Waals surface area contributed by atoms with Gasteiger partial charge in [0.05, 0.1) is 4.47 Å². The zero-order chi connectivity index (χ0) is 16.1. The van der Waals surface area contributed by atoms with Gasteiger partial charge >= 0.3 is 0 Å². The Hall–Kier alpha value is -1.67. The Bertz CT molecular complexity index is 605. The molecule has 0 aliphatic heterocycles. The van der Waals surface area contributed by atoms with E-state index in [1.165, 1.54) is 0 Å². The maximum Gasteiger partial charge on any atom is 0.264 e. The molecule has 1 fully saturated rings. The SMILES string of the molecule is Cc1ccc(OCC(=O)NC(=S)NNC(=O)C2CC2)c(Br)c1. The highest BCUT2D eigenvalue weighted by molar-refractivity contribution is 9.10. The van der Waals surface area contributed by atoms with Crippen LogP contribution in [-0.4, -0.2) is 23.5 Å². The lowest BCUT2D eigenvalue weighted by Gasteiger charge is -2.11. The molecule has 1 aromatic rings. The van der Waals surface area contributed by atoms with Gasteiger partial charge in [0, 0.05) is 5.92 Å². The number of hydrazine groups is 1. The molecule has 2 rings (SSSR count). The van der Waals surface area contributed by atoms with Crippen molar-refractivity contribution in [3.05, 3.63) is 28.2 Å². The summed E-state index contributed by atoms with van der Waals surface area (Å²) in [6.45, 7) is 1.78. The molecule has 1 saturated carbocycles. The molecular formula is C14H16BrN3O3S. The average molecular weight is 386 g/mol. The van der Waals surface area contributed by atoms with E-state index in [-0.39, 0.29) is 23.5 Å². The Morgan fingerprint density at radius 2 is 2.09 bits per heavy atom. The molecule has 0 saturated heterocycles. The van der Waals surface area contributed by atoms with Crippen molar-refractivity contribution in [2.45, 2.75) is 19.8 Å². The average Bonchev–Trinajstić information content (AvgIpc) is 3.28. The van der Waals surface area contributed by atoms with Gasteiger partial charge < -0.3 is 4.74 Å². The van der Waals surface area contributed by atoms with Crippen LogP contribution in [0.1, 0.15) is 18.4 Å². The van der Waals surface area contributed by atoms with E-state index >= 15 is 0 Å². The molecule has 0 aromatic heterocycles. The first-order valence-electron chi connectivity index (χ1n) is 6.74. The summed E-state index contributed by atoms with van der Waals surface area (Å²) in [4.78, 5) is 23.1. The number of thiocarbonyl (C=S) groups is 1. The first-order chi connectivity index (χ1) is 10.5. The molecule has 0 unspecified atom stereocenters. The number of carbonyl (C=O) groups is 2. The van der Waals surface area contributed by atoms with E-state index in [0.29, 0.717) is 5.75 Å². The number of halogens is 1. The van der Waals surface area contributed by atoms with Crippen LogP contribution in [0.25, 0.3) is 0 Å². The summed E-state index contributed by atoms with van der Waals surface area (Å²) in [5.74, 6) is 0.108. The molecule has 0 radical (unpaired) electrons. The summed E-state index contributed by atoms with van der Waals surface area (Å²) < 4.78 is 6.17. The molecule has 3 N–H and O–H groups in total. The predicted molar refractivity (Wildman–Crippen MR) is 89.1 cm³/mol. The quantitative estimate of drug-likeness (QED) is 0.541. The van der Waals surface area contributed by atoms with Gasteiger partial charge in [0.1, 0.15) is 5.75 Å². The second-order valence-electron chi connectivity index (χ2n) is 4.99. The van der Waals surface area contributed by atoms with E-state index in [1.807, 2.05) is 19.1 Å². The van der Waals surface area contributed by atoms with Gasteiger partial charge in [0.15, 0.2) is 11.7 Å². The van der Waals surface area contributed by atoms with Crippen LogP contribution < -0.4 is 20.9 Å². The summed E-state index contributed by atoms with van der Waals surface area (Å²) in [6, 6.07) is 5.56. The summed E-state index contributed by atoms with van der Waals surface area (Å²) in [5.41, 5.74) is 6.02. The van der Waals surface area contributed by atoms with Crippen molar-refractivity contribution in [1.29, 1.82) is 0 Å². The van der Waals surface area contributed by atoms with Gasteiger partial charge in [0.25, 0.3) is 5.91 Å². The summed E-state index contributed by atoms with van der Waals surface area (Å²) in [5, 5.41) is 2.46. The Labute approximate surface area is 142 Å². The van der Waals surface area contributed by atoms with Crippen molar-refractivity contribution in [3.8, 4) is 5.75 Å². The Morgan fingerprint density at radius 3 is 2.73 bits per heavy atom. The third-order valence-electron chi connectivity index (χ3n) is 2.95. The molecular weight excluding hydrogens is 370 g/mol. The molecule has 0 atom stereocenters. The number of hydrogen-bond acceptors (Lipinski definition) is 4. The lowest BCUT2D eigenvalue weighted by atomic mass is 10.2. The van der Waals surface area contributed by atoms with Crippen LogP contribution in [0.2, 0.25) is 0 Å². The summed E-state index contributed by atoms with van der Waals surface area (Å²) in [6.07, 6.45) is 1.79. The van der Waals surface area contributed by atoms with Gasteiger partial charge in [-0.2, -0.15) is 0 Å². The van der Waals surface area contributed by atoms with Gasteiger partial charge in [0.2, 0.25) is 5.91 Å². The molecule has 1 aromatic carbocycles. The predicted octanol–water partition coefficient (Wildman–Crippen LogP) is 1.57. The van der Waals surface area contributed by atoms with Crippen molar-refractivity contribution in [1.82, 2.24) is 16.2 Å². The number of rotatable bonds is 4. The topological polar surface area (TPSA) is 79.5 Å². The lowest BCUT2D eigenvalue weighted by Crippen LogP contribution is -2.49. The third kappa shape index (κ3) is 5.27. The zero-order valence-corrected chi connectivity index (χ0v) is 14.3. The van der Waals surface area contributed by atoms with Crippen LogP contribution in [0.4, 0.5) is 0 Å². The van der Waals surface area contributed by atoms with E-state index < -0.39 is 5.91 Å². The second kappa shape index (κ2) is 7.55. The smallest absolute Gasteiger partial charge is 0.264 e. The molecule has 0 heterocycles. The molecule has 0 bridgehead atoms. The fraction of sp³-hybridized carbons (Fsp3) is 0.357. The molecule has 6 nitrogen and oxygen atoms in total. The first-order valence-corrected chi connectivity index (χ1v) is 7.94. The highest BCUT2D eigenvalue weighted by atomic mass is 79.9. The molecule has 0 spiro atoms. The van der Waals surface area contributed by atoms with Gasteiger partial charge in [-0.3, -0.25) is 25.8 Å². The van der Waals surface area contributed by atoms with Crippen molar-refractivity contribution in [2.75, 3.05) is 6.61 Å². The van der Waals surface area contributed by atoms with Crippen LogP contribution in [0, 0.1) is 12.8 Å². The van der Waals surface area contributed by atoms with Gasteiger partial charge in [-0.25, -0.2) is 0 Å². The maximum atomic E-state index is 11.7. The van der Waals surface area contributed by atoms with Crippen molar-refractivity contribution in [3.63, 3.8) is 0 Å². The third-order valence-corrected chi connectivity index (χ3v) is 3.77. The number of ether oxygens (including phenoxy) is 1. The minimum Gasteiger partial charge on any atom is -0.483 e. The molecule has 1 aliphatic carbocycles. The number of aryl methyl sites for hydroxylation is 1. The highest BCUT2D eigenvalue weighted by Crippen LogP contribution is 2.28. The normalized spacial score (nSPS) is 13.2. The van der Waals surface area contributed by atoms with Crippen LogP contribution >= 0.6 is 28.1 Å². The number of hydrogen-bond donors (Lipinski definition) is 3. The molecule has 2 amide bonds. The maximum absolute atomic E-state index is 11.7. The summed E-state index contributed by atoms with van der Waals surface area (Å²) >= 11 is 8.27. The number of carbonyl (C=O) groups excluding carboxylic acids is 2. The van der Waals surface area contributed by atoms with Gasteiger partial charge in [-0.15, -0.1) is 0 Å². The van der Waals surface area contributed by atoms with E-state index in [2.05, 4.69) is 32.1 Å². The molecule has 1 aliphatic rings. The standard InChI is InChI=1S/C14H16BrN3O3S/c1-8-2-5-11(10(15)6-8)21-7-12(19)16-14(22)18-17-13(20)9-3-4-9/h2,5-6,9H,3-4,7H2,1H3,(H,17,20)(H2,16,18,19,22). The Morgan fingerprint density at radius 1 is 1.36 bits per heavy atom. The summed E-state index contributed by atoms with van der Waals surface area (Å²) in [7, 11) is 0. The minimum absolute atomic E-state index is 0.0329. The number of amides is 2. The Kier molecular flexibility index (Phi) is 5.73. The van der Waals surface area contributed by atoms with E-state index in [4.69, 9.17) is 17.0 Å². The monoisotopic (exact) mass is 385 g/mol. The Balaban J connectivity index is 1.70. The molecule has 8 heteroatoms. The van der Waals surface area contributed by atoms with Crippen molar-refractivity contribution in [2.24, 2.45) is 5.92 Å². The van der Waals surface area contributed by atoms with Gasteiger partial charge in [-0.1, -0.05) is 6.07 Å². The largest absolute Gasteiger partial charge is 0.483 e. The number of nitrogens with one attached hydrogen (secondary N) is 3. The van der Waals surface area contributed by atoms with Crippen LogP contribution in [0.5, 0.6) is 5.75 Å². The molecule has 22 heavy (non-hydrogen) atoms. The molecule has 118 valence electrons. The first kappa shape index (κ1) is 16.7. The number of benzene rings is 1. The van der Waals surface area contributed by atoms with Crippen LogP contribution in [0.3, 0.4) is 0 Å². The van der Waals surface area contributed by atoms with E-state index in [9.17, 15) is 9.59 Å². The van der Waals surface area contributed by atoms with E-state index in [1.54, 1.807) is 6.07 Å². The zero-order valence-electron chi connectivity index (χ0n) is 11.9. The lowest BCUT2D eigenvalue weighted by molar-refractivity contribution is -0.123. The fourth-order valence-corrected chi connectivity index (χ4v) is 2.40. The minimum atomic E-state index is -0.411. The second-order valence-corrected chi connectivity index (χ2v) is 6.25.